The van der Waals surface area contributed by atoms with Gasteiger partial charge in [-0.15, -0.1) is 0 Å². The number of carbonyl (C=O) groups excluding carboxylic acids is 2. The van der Waals surface area contributed by atoms with E-state index in [9.17, 15) is 49.1 Å². The number of hydrogen-bond acceptors (Lipinski definition) is 3. The molecule has 152 valence electrons. The second kappa shape index (κ2) is 6.01. The smallest absolute Gasteiger partial charge is 0.297 e. The van der Waals surface area contributed by atoms with Crippen molar-refractivity contribution < 1.29 is 49.1 Å². The Hall–Kier alpha value is -2.98. The van der Waals surface area contributed by atoms with Crippen molar-refractivity contribution in [3.63, 3.8) is 0 Å². The lowest BCUT2D eigenvalue weighted by molar-refractivity contribution is -0.310. The molecule has 2 rings (SSSR count). The molecule has 5 nitrogen and oxygen atoms in total. The Morgan fingerprint density at radius 1 is 0.964 bits per heavy atom. The number of urea groups is 1. The zero-order valence-electron chi connectivity index (χ0n) is 13.3. The van der Waals surface area contributed by atoms with Gasteiger partial charge < -0.3 is 0 Å². The van der Waals surface area contributed by atoms with Crippen LogP contribution >= 0.6 is 0 Å². The van der Waals surface area contributed by atoms with Crippen molar-refractivity contribution in [3.8, 4) is 6.07 Å². The molecule has 0 aliphatic carbocycles. The number of halogens is 9. The second-order valence-corrected chi connectivity index (χ2v) is 5.53. The summed E-state index contributed by atoms with van der Waals surface area (Å²) in [6.45, 7) is 0. The van der Waals surface area contributed by atoms with Gasteiger partial charge in [-0.25, -0.2) is 9.69 Å². The van der Waals surface area contributed by atoms with Gasteiger partial charge in [0.25, 0.3) is 5.91 Å². The molecule has 28 heavy (non-hydrogen) atoms. The lowest BCUT2D eigenvalue weighted by atomic mass is 9.96. The zero-order chi connectivity index (χ0) is 21.9. The third-order valence-electron chi connectivity index (χ3n) is 4.00. The molecule has 0 N–H and O–H groups in total. The van der Waals surface area contributed by atoms with Gasteiger partial charge >= 0.3 is 30.1 Å². The largest absolute Gasteiger partial charge is 0.430 e. The van der Waals surface area contributed by atoms with Crippen molar-refractivity contribution in [2.75, 3.05) is 11.9 Å². The summed E-state index contributed by atoms with van der Waals surface area (Å²) in [5, 5.41) is 8.68. The second-order valence-electron chi connectivity index (χ2n) is 5.53. The molecule has 0 unspecified atom stereocenters. The van der Waals surface area contributed by atoms with Gasteiger partial charge in [-0.3, -0.25) is 9.69 Å². The quantitative estimate of drug-likeness (QED) is 0.514. The Labute approximate surface area is 149 Å². The molecule has 1 fully saturated rings. The van der Waals surface area contributed by atoms with E-state index in [1.165, 1.54) is 0 Å². The van der Waals surface area contributed by atoms with Crippen molar-refractivity contribution in [1.29, 1.82) is 5.26 Å². The van der Waals surface area contributed by atoms with E-state index in [2.05, 4.69) is 0 Å². The number of rotatable bonds is 1. The van der Waals surface area contributed by atoms with Crippen LogP contribution in [0.4, 0.5) is 50.0 Å². The molecule has 0 bridgehead atoms. The van der Waals surface area contributed by atoms with Gasteiger partial charge in [0, 0.05) is 7.05 Å². The van der Waals surface area contributed by atoms with Gasteiger partial charge in [0.2, 0.25) is 0 Å². The minimum Gasteiger partial charge on any atom is -0.297 e. The fraction of sp³-hybridized carbons (Fsp3) is 0.357. The van der Waals surface area contributed by atoms with E-state index in [0.717, 1.165) is 6.07 Å². The summed E-state index contributed by atoms with van der Waals surface area (Å²) in [5.41, 5.74) is -9.24. The number of benzene rings is 1. The molecule has 1 aliphatic heterocycles. The SMILES string of the molecule is CN1C(=O)N(c2ccc(C#N)c(C(F)(F)F)c2)C(=O)C1(C(F)(F)F)C(F)(F)F. The summed E-state index contributed by atoms with van der Waals surface area (Å²) in [5.74, 6) is -2.84. The molecule has 1 aromatic rings. The monoisotopic (exact) mass is 419 g/mol. The van der Waals surface area contributed by atoms with Crippen LogP contribution in [0.15, 0.2) is 18.2 Å². The van der Waals surface area contributed by atoms with E-state index in [-0.39, 0.29) is 13.1 Å². The minimum atomic E-state index is -6.32. The summed E-state index contributed by atoms with van der Waals surface area (Å²) in [4.78, 5) is 22.6. The van der Waals surface area contributed by atoms with Crippen LogP contribution in [0.1, 0.15) is 11.1 Å². The maximum Gasteiger partial charge on any atom is 0.430 e. The van der Waals surface area contributed by atoms with E-state index in [0.29, 0.717) is 12.1 Å². The number of hydrogen-bond donors (Lipinski definition) is 0. The number of anilines is 1. The molecule has 1 aromatic carbocycles. The van der Waals surface area contributed by atoms with Gasteiger partial charge in [0.15, 0.2) is 0 Å². The number of nitriles is 1. The van der Waals surface area contributed by atoms with Crippen LogP contribution in [-0.2, 0) is 11.0 Å². The van der Waals surface area contributed by atoms with Crippen LogP contribution in [0, 0.1) is 11.3 Å². The molecule has 0 spiro atoms. The maximum atomic E-state index is 13.3. The fourth-order valence-electron chi connectivity index (χ4n) is 2.70. The number of imide groups is 1. The number of alkyl halides is 9. The van der Waals surface area contributed by atoms with Gasteiger partial charge in [0.1, 0.15) is 0 Å². The van der Waals surface area contributed by atoms with Crippen LogP contribution in [0.5, 0.6) is 0 Å². The Morgan fingerprint density at radius 3 is 1.82 bits per heavy atom. The van der Waals surface area contributed by atoms with Gasteiger partial charge in [-0.05, 0) is 18.2 Å². The summed E-state index contributed by atoms with van der Waals surface area (Å²) in [6.07, 6.45) is -17.9. The Balaban J connectivity index is 2.75. The van der Waals surface area contributed by atoms with Crippen LogP contribution in [0.25, 0.3) is 0 Å². The summed E-state index contributed by atoms with van der Waals surface area (Å²) in [6, 6.07) is -0.180. The maximum absolute atomic E-state index is 13.3. The molecule has 14 heteroatoms. The first-order valence-electron chi connectivity index (χ1n) is 6.89. The van der Waals surface area contributed by atoms with Gasteiger partial charge in [-0.1, -0.05) is 0 Å². The average molecular weight is 419 g/mol. The van der Waals surface area contributed by atoms with Crippen molar-refractivity contribution >= 4 is 17.6 Å². The Morgan fingerprint density at radius 2 is 1.46 bits per heavy atom. The molecule has 0 saturated carbocycles. The van der Waals surface area contributed by atoms with Crippen LogP contribution in [0.3, 0.4) is 0 Å². The molecular weight excluding hydrogens is 413 g/mol. The molecule has 0 atom stereocenters. The van der Waals surface area contributed by atoms with Gasteiger partial charge in [0.05, 0.1) is 22.9 Å². The highest BCUT2D eigenvalue weighted by Gasteiger charge is 2.83. The van der Waals surface area contributed by atoms with E-state index < -0.39 is 62.6 Å². The number of carbonyl (C=O) groups is 2. The van der Waals surface area contributed by atoms with E-state index in [1.807, 2.05) is 0 Å². The number of likely N-dealkylation sites (N-methyl/N-ethyl adjacent to an activating group) is 1. The molecule has 0 radical (unpaired) electrons. The highest BCUT2D eigenvalue weighted by atomic mass is 19.4. The number of amides is 3. The lowest BCUT2D eigenvalue weighted by Crippen LogP contribution is -2.68. The van der Waals surface area contributed by atoms with Gasteiger partial charge in [-0.2, -0.15) is 44.8 Å². The molecule has 1 heterocycles. The summed E-state index contributed by atoms with van der Waals surface area (Å²) in [7, 11) is 0.0511. The molecular formula is C14H6F9N3O2. The number of nitrogens with zero attached hydrogens (tertiary/aromatic N) is 3. The first kappa shape index (κ1) is 21.3. The first-order valence-corrected chi connectivity index (χ1v) is 6.89. The zero-order valence-corrected chi connectivity index (χ0v) is 13.3. The minimum absolute atomic E-state index is 0.0506. The van der Waals surface area contributed by atoms with Crippen molar-refractivity contribution in [1.82, 2.24) is 4.90 Å². The average Bonchev–Trinajstić information content (AvgIpc) is 2.72. The normalized spacial score (nSPS) is 17.9. The molecule has 1 saturated heterocycles. The molecule has 0 aromatic heterocycles. The third kappa shape index (κ3) is 2.72. The standard InChI is InChI=1S/C14H6F9N3O2/c1-25-10(28)26(9(27)11(25,13(18,19)20)14(21,22)23)7-3-2-6(5-24)8(4-7)12(15,16)17/h2-4H,1H3. The topological polar surface area (TPSA) is 64.4 Å². The predicted octanol–water partition coefficient (Wildman–Crippen LogP) is 3.84. The third-order valence-corrected chi connectivity index (χ3v) is 4.00. The van der Waals surface area contributed by atoms with Crippen LogP contribution < -0.4 is 4.90 Å². The van der Waals surface area contributed by atoms with E-state index in [1.54, 1.807) is 0 Å². The molecule has 3 amide bonds. The van der Waals surface area contributed by atoms with Crippen molar-refractivity contribution in [2.24, 2.45) is 0 Å². The Kier molecular flexibility index (Phi) is 4.58. The lowest BCUT2D eigenvalue weighted by Gasteiger charge is -2.35. The molecule has 1 aliphatic rings. The predicted molar refractivity (Wildman–Crippen MR) is 71.6 cm³/mol. The highest BCUT2D eigenvalue weighted by Crippen LogP contribution is 2.52. The van der Waals surface area contributed by atoms with Crippen molar-refractivity contribution in [2.45, 2.75) is 24.1 Å². The van der Waals surface area contributed by atoms with Crippen LogP contribution in [0.2, 0.25) is 0 Å². The van der Waals surface area contributed by atoms with E-state index in [4.69, 9.17) is 5.26 Å². The van der Waals surface area contributed by atoms with E-state index >= 15 is 0 Å². The fourth-order valence-corrected chi connectivity index (χ4v) is 2.70. The summed E-state index contributed by atoms with van der Waals surface area (Å²) >= 11 is 0. The Bertz CT molecular complexity index is 866. The summed E-state index contributed by atoms with van der Waals surface area (Å²) < 4.78 is 119. The van der Waals surface area contributed by atoms with Crippen LogP contribution in [-0.4, -0.2) is 41.8 Å². The highest BCUT2D eigenvalue weighted by molar-refractivity contribution is 6.24. The first-order chi connectivity index (χ1) is 12.5. The van der Waals surface area contributed by atoms with Crippen molar-refractivity contribution in [3.05, 3.63) is 29.3 Å².